The van der Waals surface area contributed by atoms with E-state index < -0.39 is 0 Å². The van der Waals surface area contributed by atoms with E-state index in [0.29, 0.717) is 6.42 Å². The van der Waals surface area contributed by atoms with Gasteiger partial charge in [0.1, 0.15) is 5.83 Å². The third-order valence-electron chi connectivity index (χ3n) is 3.19. The van der Waals surface area contributed by atoms with Crippen molar-refractivity contribution in [2.75, 3.05) is 0 Å². The van der Waals surface area contributed by atoms with Crippen molar-refractivity contribution in [2.24, 2.45) is 0 Å². The summed E-state index contributed by atoms with van der Waals surface area (Å²) in [4.78, 5) is 0. The molecule has 1 heteroatoms. The predicted octanol–water partition coefficient (Wildman–Crippen LogP) is 4.75. The maximum absolute atomic E-state index is 12.9. The van der Waals surface area contributed by atoms with E-state index in [-0.39, 0.29) is 5.83 Å². The molecule has 0 fully saturated rings. The van der Waals surface area contributed by atoms with Gasteiger partial charge in [0.05, 0.1) is 0 Å². The van der Waals surface area contributed by atoms with Crippen molar-refractivity contribution in [3.05, 3.63) is 89.3 Å². The third-order valence-corrected chi connectivity index (χ3v) is 3.19. The highest BCUT2D eigenvalue weighted by molar-refractivity contribution is 5.81. The molecule has 18 heavy (non-hydrogen) atoms. The first-order valence-corrected chi connectivity index (χ1v) is 6.05. The molecule has 2 aliphatic carbocycles. The summed E-state index contributed by atoms with van der Waals surface area (Å²) in [6, 6.07) is 10.3. The minimum absolute atomic E-state index is 0.145. The largest absolute Gasteiger partial charge is 0.207 e. The van der Waals surface area contributed by atoms with Crippen LogP contribution in [0.15, 0.2) is 83.8 Å². The molecular weight excluding hydrogens is 223 g/mol. The van der Waals surface area contributed by atoms with Gasteiger partial charge >= 0.3 is 0 Å². The lowest BCUT2D eigenvalue weighted by atomic mass is 10.0. The van der Waals surface area contributed by atoms with Crippen molar-refractivity contribution in [2.45, 2.75) is 6.42 Å². The molecule has 0 nitrogen and oxygen atoms in total. The Morgan fingerprint density at radius 1 is 0.889 bits per heavy atom. The molecule has 1 aromatic rings. The molecule has 0 aliphatic heterocycles. The van der Waals surface area contributed by atoms with Crippen LogP contribution in [0.3, 0.4) is 0 Å². The number of hydrogen-bond acceptors (Lipinski definition) is 0. The molecule has 0 spiro atoms. The summed E-state index contributed by atoms with van der Waals surface area (Å²) in [5.41, 5.74) is 4.76. The van der Waals surface area contributed by atoms with Crippen LogP contribution >= 0.6 is 0 Å². The Hall–Kier alpha value is -2.15. The van der Waals surface area contributed by atoms with Crippen LogP contribution in [0.2, 0.25) is 0 Å². The Morgan fingerprint density at radius 3 is 2.44 bits per heavy atom. The lowest BCUT2D eigenvalue weighted by Gasteiger charge is -2.05. The van der Waals surface area contributed by atoms with Gasteiger partial charge in [0, 0.05) is 0 Å². The predicted molar refractivity (Wildman–Crippen MR) is 73.5 cm³/mol. The second-order valence-electron chi connectivity index (χ2n) is 4.41. The second-order valence-corrected chi connectivity index (χ2v) is 4.41. The van der Waals surface area contributed by atoms with Crippen LogP contribution in [0.5, 0.6) is 0 Å². The van der Waals surface area contributed by atoms with E-state index in [4.69, 9.17) is 0 Å². The molecule has 0 atom stereocenters. The lowest BCUT2D eigenvalue weighted by Crippen LogP contribution is -1.87. The van der Waals surface area contributed by atoms with Gasteiger partial charge in [0.25, 0.3) is 0 Å². The summed E-state index contributed by atoms with van der Waals surface area (Å²) in [5.74, 6) is -0.145. The molecule has 2 aliphatic rings. The highest BCUT2D eigenvalue weighted by Crippen LogP contribution is 2.29. The Balaban J connectivity index is 1.92. The summed E-state index contributed by atoms with van der Waals surface area (Å²) >= 11 is 0. The van der Waals surface area contributed by atoms with E-state index in [1.807, 2.05) is 24.3 Å². The maximum Gasteiger partial charge on any atom is 0.119 e. The Labute approximate surface area is 106 Å². The summed E-state index contributed by atoms with van der Waals surface area (Å²) in [6.45, 7) is 0. The quantitative estimate of drug-likeness (QED) is 0.660. The fourth-order valence-electron chi connectivity index (χ4n) is 2.19. The molecule has 0 saturated carbocycles. The molecule has 0 N–H and O–H groups in total. The van der Waals surface area contributed by atoms with Crippen LogP contribution in [0, 0.1) is 0 Å². The van der Waals surface area contributed by atoms with Crippen LogP contribution in [0.4, 0.5) is 4.39 Å². The lowest BCUT2D eigenvalue weighted by molar-refractivity contribution is 0.659. The van der Waals surface area contributed by atoms with Gasteiger partial charge in [0.15, 0.2) is 0 Å². The van der Waals surface area contributed by atoms with Crippen LogP contribution in [-0.4, -0.2) is 0 Å². The van der Waals surface area contributed by atoms with Gasteiger partial charge in [0.2, 0.25) is 0 Å². The van der Waals surface area contributed by atoms with E-state index >= 15 is 0 Å². The fraction of sp³-hybridized carbons (Fsp3) is 0.0588. The SMILES string of the molecule is FC1=CC/C(=C2\C=CC(c3ccccc3)=C2)C=C1. The van der Waals surface area contributed by atoms with Gasteiger partial charge in [-0.15, -0.1) is 0 Å². The van der Waals surface area contributed by atoms with Crippen LogP contribution in [-0.2, 0) is 0 Å². The molecule has 0 unspecified atom stereocenters. The average molecular weight is 236 g/mol. The van der Waals surface area contributed by atoms with Crippen molar-refractivity contribution >= 4 is 5.57 Å². The Bertz CT molecular complexity index is 610. The summed E-state index contributed by atoms with van der Waals surface area (Å²) in [7, 11) is 0. The molecule has 3 rings (SSSR count). The zero-order valence-electron chi connectivity index (χ0n) is 9.94. The van der Waals surface area contributed by atoms with E-state index in [2.05, 4.69) is 30.4 Å². The fourth-order valence-corrected chi connectivity index (χ4v) is 2.19. The molecule has 0 radical (unpaired) electrons. The molecule has 0 saturated heterocycles. The first kappa shape index (κ1) is 11.0. The summed E-state index contributed by atoms with van der Waals surface area (Å²) in [6.07, 6.45) is 12.0. The third kappa shape index (κ3) is 2.12. The van der Waals surface area contributed by atoms with E-state index in [9.17, 15) is 4.39 Å². The number of hydrogen-bond donors (Lipinski definition) is 0. The van der Waals surface area contributed by atoms with Gasteiger partial charge in [-0.2, -0.15) is 0 Å². The second kappa shape index (κ2) is 4.61. The van der Waals surface area contributed by atoms with Gasteiger partial charge in [-0.1, -0.05) is 48.6 Å². The zero-order chi connectivity index (χ0) is 12.4. The van der Waals surface area contributed by atoms with E-state index in [1.165, 1.54) is 28.4 Å². The van der Waals surface area contributed by atoms with E-state index in [1.54, 1.807) is 6.08 Å². The van der Waals surface area contributed by atoms with Crippen molar-refractivity contribution < 1.29 is 4.39 Å². The first-order valence-electron chi connectivity index (χ1n) is 6.05. The Kier molecular flexibility index (Phi) is 2.81. The standard InChI is InChI=1S/C17H13F/c18-17-10-8-14(9-11-17)16-7-6-15(12-16)13-4-2-1-3-5-13/h1-8,10-12H,9H2/b16-14+. The minimum atomic E-state index is -0.145. The molecule has 0 aromatic heterocycles. The number of halogens is 1. The van der Waals surface area contributed by atoms with Crippen molar-refractivity contribution in [1.82, 2.24) is 0 Å². The van der Waals surface area contributed by atoms with Gasteiger partial charge < -0.3 is 0 Å². The number of rotatable bonds is 1. The van der Waals surface area contributed by atoms with Crippen molar-refractivity contribution in [3.63, 3.8) is 0 Å². The van der Waals surface area contributed by atoms with Crippen LogP contribution in [0.1, 0.15) is 12.0 Å². The minimum Gasteiger partial charge on any atom is -0.207 e. The number of benzene rings is 1. The normalized spacial score (nSPS) is 22.1. The average Bonchev–Trinajstić information content (AvgIpc) is 2.90. The van der Waals surface area contributed by atoms with Gasteiger partial charge in [-0.25, -0.2) is 4.39 Å². The molecule has 0 heterocycles. The topological polar surface area (TPSA) is 0 Å². The Morgan fingerprint density at radius 2 is 1.72 bits per heavy atom. The van der Waals surface area contributed by atoms with Crippen LogP contribution in [0.25, 0.3) is 5.57 Å². The van der Waals surface area contributed by atoms with Gasteiger partial charge in [-0.05, 0) is 46.9 Å². The summed E-state index contributed by atoms with van der Waals surface area (Å²) in [5, 5.41) is 0. The molecule has 88 valence electrons. The summed E-state index contributed by atoms with van der Waals surface area (Å²) < 4.78 is 12.9. The molecule has 0 amide bonds. The molecular formula is C17H13F. The van der Waals surface area contributed by atoms with E-state index in [0.717, 1.165) is 0 Å². The highest BCUT2D eigenvalue weighted by atomic mass is 19.1. The van der Waals surface area contributed by atoms with Gasteiger partial charge in [-0.3, -0.25) is 0 Å². The van der Waals surface area contributed by atoms with Crippen molar-refractivity contribution in [3.8, 4) is 0 Å². The highest BCUT2D eigenvalue weighted by Gasteiger charge is 2.09. The monoisotopic (exact) mass is 236 g/mol. The smallest absolute Gasteiger partial charge is 0.119 e. The molecule has 0 bridgehead atoms. The maximum atomic E-state index is 12.9. The first-order chi connectivity index (χ1) is 8.83. The number of allylic oxidation sites excluding steroid dienone is 10. The van der Waals surface area contributed by atoms with Crippen LogP contribution < -0.4 is 0 Å². The molecule has 1 aromatic carbocycles. The zero-order valence-corrected chi connectivity index (χ0v) is 9.94. The van der Waals surface area contributed by atoms with Crippen molar-refractivity contribution in [1.29, 1.82) is 0 Å².